The standard InChI is InChI=1S/C10H21NO/c1-2-4-10(9-5-6-9)11-7-3-8-12/h9-12H,2-8H2,1H3. The van der Waals surface area contributed by atoms with Gasteiger partial charge < -0.3 is 10.4 Å². The van der Waals surface area contributed by atoms with Crippen LogP contribution in [0.1, 0.15) is 39.0 Å². The summed E-state index contributed by atoms with van der Waals surface area (Å²) in [6.07, 6.45) is 6.30. The predicted octanol–water partition coefficient (Wildman–Crippen LogP) is 1.54. The number of rotatable bonds is 7. The van der Waals surface area contributed by atoms with Gasteiger partial charge in [0.1, 0.15) is 0 Å². The minimum atomic E-state index is 0.316. The Balaban J connectivity index is 2.05. The van der Waals surface area contributed by atoms with E-state index in [0.29, 0.717) is 6.61 Å². The first-order chi connectivity index (χ1) is 5.88. The molecule has 1 fully saturated rings. The third-order valence-electron chi connectivity index (χ3n) is 2.53. The van der Waals surface area contributed by atoms with Crippen molar-refractivity contribution in [1.82, 2.24) is 5.32 Å². The molecule has 0 aromatic heterocycles. The van der Waals surface area contributed by atoms with Gasteiger partial charge in [0.2, 0.25) is 0 Å². The van der Waals surface area contributed by atoms with E-state index in [2.05, 4.69) is 12.2 Å². The van der Waals surface area contributed by atoms with E-state index in [-0.39, 0.29) is 0 Å². The second kappa shape index (κ2) is 5.55. The van der Waals surface area contributed by atoms with Crippen LogP contribution in [0.4, 0.5) is 0 Å². The van der Waals surface area contributed by atoms with Gasteiger partial charge in [-0.2, -0.15) is 0 Å². The van der Waals surface area contributed by atoms with Crippen LogP contribution in [0.15, 0.2) is 0 Å². The summed E-state index contributed by atoms with van der Waals surface area (Å²) in [5.74, 6) is 0.948. The fourth-order valence-corrected chi connectivity index (χ4v) is 1.68. The van der Waals surface area contributed by atoms with Crippen LogP contribution in [0.25, 0.3) is 0 Å². The molecule has 0 aromatic carbocycles. The van der Waals surface area contributed by atoms with Gasteiger partial charge in [-0.25, -0.2) is 0 Å². The largest absolute Gasteiger partial charge is 0.396 e. The van der Waals surface area contributed by atoms with Crippen molar-refractivity contribution in [2.75, 3.05) is 13.2 Å². The minimum absolute atomic E-state index is 0.316. The molecule has 0 aliphatic heterocycles. The van der Waals surface area contributed by atoms with Crippen LogP contribution in [0, 0.1) is 5.92 Å². The van der Waals surface area contributed by atoms with Gasteiger partial charge in [-0.05, 0) is 38.1 Å². The normalized spacial score (nSPS) is 19.5. The lowest BCUT2D eigenvalue weighted by molar-refractivity contribution is 0.280. The van der Waals surface area contributed by atoms with Crippen LogP contribution >= 0.6 is 0 Å². The van der Waals surface area contributed by atoms with Gasteiger partial charge in [0.25, 0.3) is 0 Å². The first-order valence-corrected chi connectivity index (χ1v) is 5.22. The molecular formula is C10H21NO. The van der Waals surface area contributed by atoms with Gasteiger partial charge in [0.15, 0.2) is 0 Å². The molecule has 0 aromatic rings. The Morgan fingerprint density at radius 3 is 2.75 bits per heavy atom. The molecule has 1 aliphatic rings. The van der Waals surface area contributed by atoms with E-state index in [1.165, 1.54) is 25.7 Å². The molecule has 0 amide bonds. The second-order valence-electron chi connectivity index (χ2n) is 3.76. The van der Waals surface area contributed by atoms with Crippen molar-refractivity contribution in [2.45, 2.75) is 45.1 Å². The summed E-state index contributed by atoms with van der Waals surface area (Å²) in [4.78, 5) is 0. The fraction of sp³-hybridized carbons (Fsp3) is 1.00. The molecule has 2 N–H and O–H groups in total. The van der Waals surface area contributed by atoms with Crippen LogP contribution in [-0.2, 0) is 0 Å². The SMILES string of the molecule is CCCC(NCCCO)C1CC1. The highest BCUT2D eigenvalue weighted by Crippen LogP contribution is 2.34. The lowest BCUT2D eigenvalue weighted by atomic mass is 10.1. The molecule has 1 rings (SSSR count). The number of aliphatic hydroxyl groups excluding tert-OH is 1. The maximum Gasteiger partial charge on any atom is 0.0443 e. The molecule has 2 nitrogen and oxygen atoms in total. The summed E-state index contributed by atoms with van der Waals surface area (Å²) in [6.45, 7) is 3.54. The van der Waals surface area contributed by atoms with Crippen molar-refractivity contribution in [3.63, 3.8) is 0 Å². The van der Waals surface area contributed by atoms with Crippen LogP contribution < -0.4 is 5.32 Å². The van der Waals surface area contributed by atoms with E-state index in [4.69, 9.17) is 5.11 Å². The maximum atomic E-state index is 8.62. The average Bonchev–Trinajstić information content (AvgIpc) is 2.86. The van der Waals surface area contributed by atoms with Crippen LogP contribution in [0.2, 0.25) is 0 Å². The van der Waals surface area contributed by atoms with Crippen molar-refractivity contribution < 1.29 is 5.11 Å². The second-order valence-corrected chi connectivity index (χ2v) is 3.76. The lowest BCUT2D eigenvalue weighted by Gasteiger charge is -2.16. The van der Waals surface area contributed by atoms with E-state index < -0.39 is 0 Å². The minimum Gasteiger partial charge on any atom is -0.396 e. The monoisotopic (exact) mass is 171 g/mol. The van der Waals surface area contributed by atoms with Crippen LogP contribution in [-0.4, -0.2) is 24.3 Å². The molecule has 0 radical (unpaired) electrons. The molecule has 72 valence electrons. The van der Waals surface area contributed by atoms with Crippen molar-refractivity contribution in [2.24, 2.45) is 5.92 Å². The summed E-state index contributed by atoms with van der Waals surface area (Å²) >= 11 is 0. The highest BCUT2D eigenvalue weighted by Gasteiger charge is 2.29. The van der Waals surface area contributed by atoms with E-state index >= 15 is 0 Å². The zero-order valence-electron chi connectivity index (χ0n) is 8.05. The molecule has 2 heteroatoms. The highest BCUT2D eigenvalue weighted by atomic mass is 16.3. The predicted molar refractivity (Wildman–Crippen MR) is 51.1 cm³/mol. The molecular weight excluding hydrogens is 150 g/mol. The van der Waals surface area contributed by atoms with Crippen LogP contribution in [0.3, 0.4) is 0 Å². The van der Waals surface area contributed by atoms with E-state index in [9.17, 15) is 0 Å². The molecule has 1 atom stereocenters. The molecule has 0 heterocycles. The Bertz CT molecular complexity index is 112. The van der Waals surface area contributed by atoms with Gasteiger partial charge in [0, 0.05) is 12.6 Å². The summed E-state index contributed by atoms with van der Waals surface area (Å²) in [6, 6.07) is 0.738. The fourth-order valence-electron chi connectivity index (χ4n) is 1.68. The van der Waals surface area contributed by atoms with E-state index in [1.54, 1.807) is 0 Å². The smallest absolute Gasteiger partial charge is 0.0443 e. The van der Waals surface area contributed by atoms with Gasteiger partial charge in [-0.3, -0.25) is 0 Å². The number of hydrogen-bond acceptors (Lipinski definition) is 2. The van der Waals surface area contributed by atoms with Gasteiger partial charge >= 0.3 is 0 Å². The highest BCUT2D eigenvalue weighted by molar-refractivity contribution is 4.85. The van der Waals surface area contributed by atoms with Crippen molar-refractivity contribution in [3.05, 3.63) is 0 Å². The van der Waals surface area contributed by atoms with Crippen LogP contribution in [0.5, 0.6) is 0 Å². The van der Waals surface area contributed by atoms with Gasteiger partial charge in [0.05, 0.1) is 0 Å². The Morgan fingerprint density at radius 2 is 2.25 bits per heavy atom. The molecule has 0 bridgehead atoms. The average molecular weight is 171 g/mol. The zero-order chi connectivity index (χ0) is 8.81. The molecule has 1 unspecified atom stereocenters. The maximum absolute atomic E-state index is 8.62. The summed E-state index contributed by atoms with van der Waals surface area (Å²) in [5.41, 5.74) is 0. The van der Waals surface area contributed by atoms with Crippen molar-refractivity contribution >= 4 is 0 Å². The Kier molecular flexibility index (Phi) is 4.62. The number of hydrogen-bond donors (Lipinski definition) is 2. The molecule has 1 aliphatic carbocycles. The zero-order valence-corrected chi connectivity index (χ0v) is 8.05. The first-order valence-electron chi connectivity index (χ1n) is 5.22. The Labute approximate surface area is 75.4 Å². The van der Waals surface area contributed by atoms with Gasteiger partial charge in [-0.1, -0.05) is 13.3 Å². The molecule has 12 heavy (non-hydrogen) atoms. The topological polar surface area (TPSA) is 32.3 Å². The number of nitrogens with one attached hydrogen (secondary N) is 1. The van der Waals surface area contributed by atoms with E-state index in [1.807, 2.05) is 0 Å². The summed E-state index contributed by atoms with van der Waals surface area (Å²) in [7, 11) is 0. The quantitative estimate of drug-likeness (QED) is 0.569. The molecule has 0 spiro atoms. The summed E-state index contributed by atoms with van der Waals surface area (Å²) in [5, 5.41) is 12.1. The van der Waals surface area contributed by atoms with E-state index in [0.717, 1.165) is 24.9 Å². The Morgan fingerprint density at radius 1 is 1.50 bits per heavy atom. The van der Waals surface area contributed by atoms with Crippen molar-refractivity contribution in [3.8, 4) is 0 Å². The molecule has 0 saturated heterocycles. The third-order valence-corrected chi connectivity index (χ3v) is 2.53. The number of aliphatic hydroxyl groups is 1. The third kappa shape index (κ3) is 3.55. The van der Waals surface area contributed by atoms with Crippen molar-refractivity contribution in [1.29, 1.82) is 0 Å². The first kappa shape index (κ1) is 10.0. The summed E-state index contributed by atoms with van der Waals surface area (Å²) < 4.78 is 0. The molecule has 1 saturated carbocycles. The Hall–Kier alpha value is -0.0800. The van der Waals surface area contributed by atoms with Gasteiger partial charge in [-0.15, -0.1) is 0 Å². The lowest BCUT2D eigenvalue weighted by Crippen LogP contribution is -2.32.